The van der Waals surface area contributed by atoms with Gasteiger partial charge in [-0.15, -0.1) is 0 Å². The summed E-state index contributed by atoms with van der Waals surface area (Å²) < 4.78 is 4.69. The van der Waals surface area contributed by atoms with Gasteiger partial charge in [-0.3, -0.25) is 0 Å². The number of methoxy groups -OCH3 is 1. The number of aromatic nitrogens is 3. The van der Waals surface area contributed by atoms with Crippen LogP contribution in [0.15, 0.2) is 24.4 Å². The third-order valence-corrected chi connectivity index (χ3v) is 4.19. The zero-order chi connectivity index (χ0) is 17.6. The fraction of sp³-hybridized carbons (Fsp3) is 0.444. The first-order valence-corrected chi connectivity index (χ1v) is 8.53. The molecule has 1 aliphatic rings. The second-order valence-electron chi connectivity index (χ2n) is 6.13. The number of nitrogens with zero attached hydrogens (tertiary/aromatic N) is 4. The molecule has 0 unspecified atom stereocenters. The summed E-state index contributed by atoms with van der Waals surface area (Å²) in [5, 5.41) is 3.25. The monoisotopic (exact) mass is 341 g/mol. The average Bonchev–Trinajstić information content (AvgIpc) is 2.66. The van der Waals surface area contributed by atoms with Gasteiger partial charge in [0.25, 0.3) is 0 Å². The molecule has 0 amide bonds. The summed E-state index contributed by atoms with van der Waals surface area (Å²) in [5.41, 5.74) is 1.83. The van der Waals surface area contributed by atoms with Crippen LogP contribution in [0.4, 0.5) is 11.6 Å². The van der Waals surface area contributed by atoms with E-state index in [1.807, 2.05) is 19.2 Å². The summed E-state index contributed by atoms with van der Waals surface area (Å²) in [6, 6.07) is 5.89. The Morgan fingerprint density at radius 2 is 2.04 bits per heavy atom. The Balaban J connectivity index is 1.69. The molecule has 0 bridgehead atoms. The van der Waals surface area contributed by atoms with Crippen LogP contribution in [0.3, 0.4) is 0 Å². The standard InChI is InChI=1S/C18H23N5O2/c1-13-10-15(22-17(21-13)18(24)25-2)20-12-14-6-7-19-16(11-14)23-8-4-3-5-9-23/h6-7,10-11H,3-5,8-9,12H2,1-2H3,(H,20,21,22). The summed E-state index contributed by atoms with van der Waals surface area (Å²) in [7, 11) is 1.32. The summed E-state index contributed by atoms with van der Waals surface area (Å²) >= 11 is 0. The molecule has 3 rings (SSSR count). The van der Waals surface area contributed by atoms with Gasteiger partial charge in [-0.1, -0.05) is 0 Å². The molecule has 1 saturated heterocycles. The highest BCUT2D eigenvalue weighted by Crippen LogP contribution is 2.19. The lowest BCUT2D eigenvalue weighted by Crippen LogP contribution is -2.30. The van der Waals surface area contributed by atoms with Crippen LogP contribution in [0.5, 0.6) is 0 Å². The summed E-state index contributed by atoms with van der Waals surface area (Å²) in [4.78, 5) is 26.7. The number of ether oxygens (including phenoxy) is 1. The van der Waals surface area contributed by atoms with Gasteiger partial charge in [-0.25, -0.2) is 19.7 Å². The normalized spacial score (nSPS) is 14.2. The lowest BCUT2D eigenvalue weighted by atomic mass is 10.1. The molecule has 1 aliphatic heterocycles. The molecule has 1 N–H and O–H groups in total. The summed E-state index contributed by atoms with van der Waals surface area (Å²) in [6.07, 6.45) is 5.58. The third-order valence-electron chi connectivity index (χ3n) is 4.19. The van der Waals surface area contributed by atoms with E-state index in [1.165, 1.54) is 26.4 Å². The van der Waals surface area contributed by atoms with Gasteiger partial charge in [0.1, 0.15) is 11.6 Å². The minimum atomic E-state index is -0.539. The fourth-order valence-corrected chi connectivity index (χ4v) is 2.90. The molecule has 2 aromatic heterocycles. The number of hydrogen-bond donors (Lipinski definition) is 1. The Hall–Kier alpha value is -2.70. The van der Waals surface area contributed by atoms with E-state index in [0.717, 1.165) is 24.5 Å². The third kappa shape index (κ3) is 4.43. The number of piperidine rings is 1. The molecule has 7 nitrogen and oxygen atoms in total. The van der Waals surface area contributed by atoms with E-state index in [1.54, 1.807) is 6.07 Å². The molecule has 2 aromatic rings. The number of carbonyl (C=O) groups is 1. The molecule has 0 aromatic carbocycles. The molecule has 0 atom stereocenters. The number of nitrogens with one attached hydrogen (secondary N) is 1. The predicted molar refractivity (Wildman–Crippen MR) is 95.7 cm³/mol. The van der Waals surface area contributed by atoms with Gasteiger partial charge in [-0.2, -0.15) is 0 Å². The van der Waals surface area contributed by atoms with Crippen molar-refractivity contribution in [2.24, 2.45) is 0 Å². The highest BCUT2D eigenvalue weighted by atomic mass is 16.5. The maximum Gasteiger partial charge on any atom is 0.376 e. The number of carbonyl (C=O) groups excluding carboxylic acids is 1. The molecule has 0 aliphatic carbocycles. The summed E-state index contributed by atoms with van der Waals surface area (Å²) in [5.74, 6) is 1.15. The number of pyridine rings is 1. The van der Waals surface area contributed by atoms with E-state index >= 15 is 0 Å². The van der Waals surface area contributed by atoms with Gasteiger partial charge in [0.05, 0.1) is 7.11 Å². The number of aryl methyl sites for hydroxylation is 1. The Labute approximate surface area is 147 Å². The van der Waals surface area contributed by atoms with Crippen molar-refractivity contribution in [2.75, 3.05) is 30.4 Å². The number of esters is 1. The maximum absolute atomic E-state index is 11.6. The van der Waals surface area contributed by atoms with Gasteiger partial charge in [-0.05, 0) is 43.9 Å². The van der Waals surface area contributed by atoms with Crippen LogP contribution in [-0.4, -0.2) is 41.1 Å². The van der Waals surface area contributed by atoms with E-state index in [2.05, 4.69) is 36.0 Å². The SMILES string of the molecule is COC(=O)c1nc(C)cc(NCc2ccnc(N3CCCCC3)c2)n1. The molecule has 25 heavy (non-hydrogen) atoms. The first-order chi connectivity index (χ1) is 12.2. The predicted octanol–water partition coefficient (Wildman–Crippen LogP) is 2.57. The number of rotatable bonds is 5. The molecular formula is C18H23N5O2. The van der Waals surface area contributed by atoms with Crippen molar-refractivity contribution in [2.45, 2.75) is 32.7 Å². The summed E-state index contributed by atoms with van der Waals surface area (Å²) in [6.45, 7) is 4.55. The average molecular weight is 341 g/mol. The van der Waals surface area contributed by atoms with Gasteiger partial charge in [0.15, 0.2) is 0 Å². The number of hydrogen-bond acceptors (Lipinski definition) is 7. The van der Waals surface area contributed by atoms with Crippen molar-refractivity contribution < 1.29 is 9.53 Å². The first kappa shape index (κ1) is 17.1. The van der Waals surface area contributed by atoms with Gasteiger partial charge in [0.2, 0.25) is 5.82 Å². The van der Waals surface area contributed by atoms with Crippen molar-refractivity contribution >= 4 is 17.6 Å². The van der Waals surface area contributed by atoms with Crippen LogP contribution in [-0.2, 0) is 11.3 Å². The second kappa shape index (κ2) is 7.92. The molecule has 132 valence electrons. The second-order valence-corrected chi connectivity index (χ2v) is 6.13. The minimum absolute atomic E-state index is 0.0636. The quantitative estimate of drug-likeness (QED) is 0.837. The Kier molecular flexibility index (Phi) is 5.42. The van der Waals surface area contributed by atoms with Crippen LogP contribution in [0.25, 0.3) is 0 Å². The first-order valence-electron chi connectivity index (χ1n) is 8.53. The lowest BCUT2D eigenvalue weighted by Gasteiger charge is -2.27. The van der Waals surface area contributed by atoms with E-state index in [0.29, 0.717) is 18.1 Å². The molecule has 1 fully saturated rings. The zero-order valence-electron chi connectivity index (χ0n) is 14.7. The van der Waals surface area contributed by atoms with E-state index in [-0.39, 0.29) is 5.82 Å². The van der Waals surface area contributed by atoms with Crippen LogP contribution in [0.2, 0.25) is 0 Å². The zero-order valence-corrected chi connectivity index (χ0v) is 14.7. The van der Waals surface area contributed by atoms with Crippen LogP contribution in [0.1, 0.15) is 41.1 Å². The molecular weight excluding hydrogens is 318 g/mol. The highest BCUT2D eigenvalue weighted by molar-refractivity contribution is 5.85. The molecule has 3 heterocycles. The number of anilines is 2. The van der Waals surface area contributed by atoms with Crippen molar-refractivity contribution in [1.82, 2.24) is 15.0 Å². The van der Waals surface area contributed by atoms with E-state index < -0.39 is 5.97 Å². The van der Waals surface area contributed by atoms with E-state index in [4.69, 9.17) is 0 Å². The van der Waals surface area contributed by atoms with Crippen LogP contribution in [0, 0.1) is 6.92 Å². The Bertz CT molecular complexity index is 744. The van der Waals surface area contributed by atoms with Gasteiger partial charge < -0.3 is 15.0 Å². The molecule has 0 saturated carbocycles. The van der Waals surface area contributed by atoms with Crippen LogP contribution >= 0.6 is 0 Å². The lowest BCUT2D eigenvalue weighted by molar-refractivity contribution is 0.0586. The van der Waals surface area contributed by atoms with Crippen molar-refractivity contribution in [3.8, 4) is 0 Å². The minimum Gasteiger partial charge on any atom is -0.463 e. The molecule has 7 heteroatoms. The van der Waals surface area contributed by atoms with Crippen molar-refractivity contribution in [3.63, 3.8) is 0 Å². The Morgan fingerprint density at radius 1 is 1.24 bits per heavy atom. The van der Waals surface area contributed by atoms with Gasteiger partial charge >= 0.3 is 5.97 Å². The molecule has 0 radical (unpaired) electrons. The fourth-order valence-electron chi connectivity index (χ4n) is 2.90. The van der Waals surface area contributed by atoms with Gasteiger partial charge in [0, 0.05) is 37.6 Å². The maximum atomic E-state index is 11.6. The molecule has 0 spiro atoms. The highest BCUT2D eigenvalue weighted by Gasteiger charge is 2.13. The van der Waals surface area contributed by atoms with Crippen LogP contribution < -0.4 is 10.2 Å². The largest absolute Gasteiger partial charge is 0.463 e. The topological polar surface area (TPSA) is 80.2 Å². The van der Waals surface area contributed by atoms with Crippen molar-refractivity contribution in [1.29, 1.82) is 0 Å². The van der Waals surface area contributed by atoms with Crippen molar-refractivity contribution in [3.05, 3.63) is 41.5 Å². The van der Waals surface area contributed by atoms with E-state index in [9.17, 15) is 4.79 Å². The smallest absolute Gasteiger partial charge is 0.376 e. The Morgan fingerprint density at radius 3 is 2.80 bits per heavy atom.